The molecule has 0 aliphatic heterocycles. The lowest BCUT2D eigenvalue weighted by Crippen LogP contribution is -2.38. The molecule has 0 atom stereocenters. The van der Waals surface area contributed by atoms with Gasteiger partial charge in [0.25, 0.3) is 0 Å². The van der Waals surface area contributed by atoms with Gasteiger partial charge in [0.05, 0.1) is 0 Å². The van der Waals surface area contributed by atoms with E-state index in [1.165, 1.54) is 22.8 Å². The number of aliphatic hydroxyl groups excluding tert-OH is 1. The van der Waals surface area contributed by atoms with Crippen molar-refractivity contribution >= 4 is 10.0 Å². The third-order valence-electron chi connectivity index (χ3n) is 2.35. The fourth-order valence-corrected chi connectivity index (χ4v) is 3.16. The number of hydrogen-bond acceptors (Lipinski definition) is 4. The first-order chi connectivity index (χ1) is 8.00. The fraction of sp³-hybridized carbons (Fsp3) is 0.545. The van der Waals surface area contributed by atoms with E-state index in [4.69, 9.17) is 5.11 Å². The fourth-order valence-electron chi connectivity index (χ4n) is 1.52. The van der Waals surface area contributed by atoms with E-state index in [0.29, 0.717) is 13.0 Å². The Labute approximate surface area is 102 Å². The Kier molecular flexibility index (Phi) is 5.04. The van der Waals surface area contributed by atoms with E-state index in [1.54, 1.807) is 6.07 Å². The Morgan fingerprint density at radius 3 is 2.65 bits per heavy atom. The van der Waals surface area contributed by atoms with Crippen molar-refractivity contribution in [3.8, 4) is 0 Å². The Hall–Kier alpha value is -0.980. The molecule has 17 heavy (non-hydrogen) atoms. The van der Waals surface area contributed by atoms with Crippen LogP contribution in [0, 0.1) is 0 Å². The molecular weight excluding hydrogens is 240 g/mol. The molecule has 0 saturated heterocycles. The molecule has 0 amide bonds. The minimum absolute atomic E-state index is 0.0220. The summed E-state index contributed by atoms with van der Waals surface area (Å²) in [7, 11) is -3.51. The van der Waals surface area contributed by atoms with Crippen LogP contribution >= 0.6 is 0 Å². The number of aromatic nitrogens is 1. The molecule has 1 heterocycles. The molecule has 5 nitrogen and oxygen atoms in total. The average molecular weight is 258 g/mol. The molecule has 0 saturated carbocycles. The molecule has 96 valence electrons. The van der Waals surface area contributed by atoms with E-state index in [-0.39, 0.29) is 17.5 Å². The molecule has 1 aromatic rings. The molecule has 0 unspecified atom stereocenters. The molecule has 0 fully saturated rings. The molecule has 0 aliphatic carbocycles. The maximum atomic E-state index is 12.3. The minimum atomic E-state index is -3.51. The number of rotatable bonds is 6. The van der Waals surface area contributed by atoms with Crippen LogP contribution in [0.4, 0.5) is 0 Å². The van der Waals surface area contributed by atoms with E-state index in [9.17, 15) is 8.42 Å². The smallest absolute Gasteiger partial charge is 0.244 e. The zero-order chi connectivity index (χ0) is 12.9. The molecule has 0 aromatic carbocycles. The lowest BCUT2D eigenvalue weighted by atomic mass is 10.3. The summed E-state index contributed by atoms with van der Waals surface area (Å²) >= 11 is 0. The van der Waals surface area contributed by atoms with Gasteiger partial charge in [-0.2, -0.15) is 4.31 Å². The van der Waals surface area contributed by atoms with Crippen molar-refractivity contribution in [3.63, 3.8) is 0 Å². The van der Waals surface area contributed by atoms with Crippen molar-refractivity contribution in [3.05, 3.63) is 24.5 Å². The van der Waals surface area contributed by atoms with Gasteiger partial charge in [0.15, 0.2) is 0 Å². The van der Waals surface area contributed by atoms with Crippen molar-refractivity contribution in [1.82, 2.24) is 9.29 Å². The van der Waals surface area contributed by atoms with Crippen LogP contribution in [0.5, 0.6) is 0 Å². The Morgan fingerprint density at radius 2 is 2.18 bits per heavy atom. The van der Waals surface area contributed by atoms with Crippen LogP contribution in [0.2, 0.25) is 0 Å². The summed E-state index contributed by atoms with van der Waals surface area (Å²) in [6, 6.07) is 2.97. The number of sulfonamides is 1. The number of pyridine rings is 1. The van der Waals surface area contributed by atoms with Crippen LogP contribution in [-0.4, -0.2) is 42.0 Å². The molecule has 1 aromatic heterocycles. The third-order valence-corrected chi connectivity index (χ3v) is 4.41. The van der Waals surface area contributed by atoms with Gasteiger partial charge in [-0.15, -0.1) is 0 Å². The molecule has 1 N–H and O–H groups in total. The predicted molar refractivity (Wildman–Crippen MR) is 65.0 cm³/mol. The van der Waals surface area contributed by atoms with Crippen LogP contribution in [0.3, 0.4) is 0 Å². The molecule has 0 spiro atoms. The summed E-state index contributed by atoms with van der Waals surface area (Å²) in [4.78, 5) is 4.00. The first-order valence-electron chi connectivity index (χ1n) is 5.53. The largest absolute Gasteiger partial charge is 0.396 e. The van der Waals surface area contributed by atoms with E-state index in [0.717, 1.165) is 0 Å². The first-order valence-corrected chi connectivity index (χ1v) is 6.97. The van der Waals surface area contributed by atoms with Crippen molar-refractivity contribution in [2.45, 2.75) is 31.2 Å². The number of aliphatic hydroxyl groups is 1. The number of hydrogen-bond donors (Lipinski definition) is 1. The second kappa shape index (κ2) is 6.09. The van der Waals surface area contributed by atoms with Crippen molar-refractivity contribution in [2.75, 3.05) is 13.2 Å². The summed E-state index contributed by atoms with van der Waals surface area (Å²) < 4.78 is 25.9. The predicted octanol–water partition coefficient (Wildman–Crippen LogP) is 0.863. The Morgan fingerprint density at radius 1 is 1.47 bits per heavy atom. The van der Waals surface area contributed by atoms with Gasteiger partial charge >= 0.3 is 0 Å². The van der Waals surface area contributed by atoms with E-state index in [1.807, 2.05) is 13.8 Å². The van der Waals surface area contributed by atoms with Gasteiger partial charge in [-0.3, -0.25) is 4.98 Å². The normalized spacial score (nSPS) is 12.3. The highest BCUT2D eigenvalue weighted by atomic mass is 32.2. The summed E-state index contributed by atoms with van der Waals surface area (Å²) in [5, 5.41) is 8.80. The highest BCUT2D eigenvalue weighted by Crippen LogP contribution is 2.17. The lowest BCUT2D eigenvalue weighted by Gasteiger charge is -2.25. The zero-order valence-corrected chi connectivity index (χ0v) is 10.9. The van der Waals surface area contributed by atoms with Gasteiger partial charge in [-0.1, -0.05) is 0 Å². The molecule has 0 aliphatic rings. The molecule has 0 radical (unpaired) electrons. The van der Waals surface area contributed by atoms with Crippen LogP contribution in [-0.2, 0) is 10.0 Å². The van der Waals surface area contributed by atoms with Gasteiger partial charge in [-0.05, 0) is 32.4 Å². The minimum Gasteiger partial charge on any atom is -0.396 e. The molecule has 1 rings (SSSR count). The van der Waals surface area contributed by atoms with Crippen molar-refractivity contribution in [2.24, 2.45) is 0 Å². The highest BCUT2D eigenvalue weighted by Gasteiger charge is 2.26. The van der Waals surface area contributed by atoms with Gasteiger partial charge in [0.2, 0.25) is 10.0 Å². The van der Waals surface area contributed by atoms with E-state index >= 15 is 0 Å². The van der Waals surface area contributed by atoms with Gasteiger partial charge < -0.3 is 5.11 Å². The maximum absolute atomic E-state index is 12.3. The van der Waals surface area contributed by atoms with Crippen LogP contribution in [0.1, 0.15) is 20.3 Å². The topological polar surface area (TPSA) is 70.5 Å². The van der Waals surface area contributed by atoms with Gasteiger partial charge in [0.1, 0.15) is 4.90 Å². The van der Waals surface area contributed by atoms with Crippen molar-refractivity contribution in [1.29, 1.82) is 0 Å². The second-order valence-corrected chi connectivity index (χ2v) is 5.87. The van der Waals surface area contributed by atoms with Gasteiger partial charge in [0, 0.05) is 31.6 Å². The van der Waals surface area contributed by atoms with Crippen molar-refractivity contribution < 1.29 is 13.5 Å². The van der Waals surface area contributed by atoms with Gasteiger partial charge in [-0.25, -0.2) is 8.42 Å². The van der Waals surface area contributed by atoms with Crippen LogP contribution < -0.4 is 0 Å². The highest BCUT2D eigenvalue weighted by molar-refractivity contribution is 7.89. The summed E-state index contributed by atoms with van der Waals surface area (Å²) in [5.74, 6) is 0. The zero-order valence-electron chi connectivity index (χ0n) is 10.1. The summed E-state index contributed by atoms with van der Waals surface area (Å²) in [5.41, 5.74) is 0. The Bertz CT molecular complexity index is 431. The second-order valence-electron chi connectivity index (χ2n) is 3.98. The maximum Gasteiger partial charge on any atom is 0.244 e. The standard InChI is InChI=1S/C11H18N2O3S/c1-10(2)13(7-4-8-14)17(15,16)11-5-3-6-12-9-11/h3,5-6,9-10,14H,4,7-8H2,1-2H3. The average Bonchev–Trinajstić information content (AvgIpc) is 2.30. The quantitative estimate of drug-likeness (QED) is 0.821. The van der Waals surface area contributed by atoms with E-state index < -0.39 is 10.0 Å². The Balaban J connectivity index is 3.01. The first kappa shape index (κ1) is 14.1. The molecule has 0 bridgehead atoms. The third kappa shape index (κ3) is 3.49. The van der Waals surface area contributed by atoms with Crippen LogP contribution in [0.15, 0.2) is 29.4 Å². The monoisotopic (exact) mass is 258 g/mol. The summed E-state index contributed by atoms with van der Waals surface area (Å²) in [6.45, 7) is 3.91. The molecular formula is C11H18N2O3S. The van der Waals surface area contributed by atoms with Crippen LogP contribution in [0.25, 0.3) is 0 Å². The summed E-state index contributed by atoms with van der Waals surface area (Å²) in [6.07, 6.45) is 3.30. The SMILES string of the molecule is CC(C)N(CCCO)S(=O)(=O)c1cccnc1. The lowest BCUT2D eigenvalue weighted by molar-refractivity contribution is 0.258. The van der Waals surface area contributed by atoms with E-state index in [2.05, 4.69) is 4.98 Å². The molecule has 6 heteroatoms. The number of nitrogens with zero attached hydrogens (tertiary/aromatic N) is 2.